The van der Waals surface area contributed by atoms with Gasteiger partial charge < -0.3 is 23.7 Å². The average Bonchev–Trinajstić information content (AvgIpc) is 0.768. The maximum atomic E-state index is 15.0. The maximum absolute atomic E-state index is 15.0. The van der Waals surface area contributed by atoms with E-state index in [4.69, 9.17) is 72.6 Å². The molecule has 582 valence electrons. The Hall–Kier alpha value is -11.7. The highest BCUT2D eigenvalue weighted by Crippen LogP contribution is 2.44. The van der Waals surface area contributed by atoms with Gasteiger partial charge in [-0.05, 0) is 133 Å². The van der Waals surface area contributed by atoms with Crippen molar-refractivity contribution in [2.75, 3.05) is 0 Å². The van der Waals surface area contributed by atoms with Crippen LogP contribution in [-0.2, 0) is 105 Å². The lowest BCUT2D eigenvalue weighted by Gasteiger charge is -2.47. The third-order valence-electron chi connectivity index (χ3n) is 18.0. The molecule has 30 heteroatoms. The molecule has 0 bridgehead atoms. The smallest absolute Gasteiger partial charge is 0.432 e. The third kappa shape index (κ3) is 26.6. The second-order valence-corrected chi connectivity index (χ2v) is 38.4. The van der Waals surface area contributed by atoms with Crippen LogP contribution < -0.4 is 0 Å². The molecule has 0 spiro atoms. The summed E-state index contributed by atoms with van der Waals surface area (Å²) in [6.45, 7) is 50.3. The highest BCUT2D eigenvalue weighted by Gasteiger charge is 2.54. The second-order valence-electron chi connectivity index (χ2n) is 24.5. The third-order valence-corrected chi connectivity index (χ3v) is 30.1. The molecule has 5 rings (SSSR count). The Bertz CT molecular complexity index is 3800. The van der Waals surface area contributed by atoms with Crippen LogP contribution in [0.1, 0.15) is 127 Å². The van der Waals surface area contributed by atoms with Gasteiger partial charge in [-0.15, -0.1) is 65.8 Å². The summed E-state index contributed by atoms with van der Waals surface area (Å²) in [4.78, 5) is 193. The number of rotatable bonds is 39. The van der Waals surface area contributed by atoms with Crippen molar-refractivity contribution in [3.05, 3.63) is 300 Å². The monoisotopic (exact) mass is 1590 g/mol. The van der Waals surface area contributed by atoms with Crippen molar-refractivity contribution in [3.63, 3.8) is 0 Å². The highest BCUT2D eigenvalue weighted by atomic mass is 28.3. The van der Waals surface area contributed by atoms with Gasteiger partial charge in [0.05, 0.1) is 39.3 Å². The van der Waals surface area contributed by atoms with E-state index in [1.165, 1.54) is 118 Å². The minimum atomic E-state index is -3.51. The van der Waals surface area contributed by atoms with Crippen LogP contribution in [0.25, 0.3) is 0 Å². The number of carbonyl (C=O) groups is 10. The van der Waals surface area contributed by atoms with Gasteiger partial charge in [0.15, 0.2) is 0 Å². The van der Waals surface area contributed by atoms with Gasteiger partial charge >= 0.3 is 60.6 Å². The van der Waals surface area contributed by atoms with Crippen molar-refractivity contribution in [1.82, 2.24) is 0 Å². The van der Waals surface area contributed by atoms with E-state index in [0.29, 0.717) is 32.1 Å². The fourth-order valence-corrected chi connectivity index (χ4v) is 21.2. The molecule has 0 saturated heterocycles. The SMILES string of the molecule is C=C[SiH](C=C)C(CC(C(C(CC(OC(=O)OOC(=O)c1ccc(CC)cc1)[SiH](C=C)C=C)C(OC(=O)OOC(=O)c1ccc(CC)cc1)[SiH](C=C)C=C)C(OC(=O)OOC(=O)c1ccc(CC)cc1)[SiH](C=C)C=C)C(OC(=O)OOC(=O)c1ccc(CC)cc1)[SiH](C=C)C=C)OC(=O)OOC(=O)c1ccc(CC)cc1. The van der Waals surface area contributed by atoms with Crippen LogP contribution in [0.5, 0.6) is 0 Å². The van der Waals surface area contributed by atoms with Crippen LogP contribution in [0, 0.1) is 17.8 Å². The summed E-state index contributed by atoms with van der Waals surface area (Å²) < 4.78 is 31.8. The molecule has 0 saturated carbocycles. The normalized spacial score (nSPS) is 13.0. The lowest BCUT2D eigenvalue weighted by atomic mass is 9.78. The Morgan fingerprint density at radius 2 is 0.445 bits per heavy atom. The number of benzene rings is 5. The fraction of sp³-hybridized carbons (Fsp3) is 0.250. The molecule has 0 N–H and O–H groups in total. The van der Waals surface area contributed by atoms with Gasteiger partial charge in [0, 0.05) is 17.8 Å². The van der Waals surface area contributed by atoms with E-state index in [0.717, 1.165) is 27.8 Å². The summed E-state index contributed by atoms with van der Waals surface area (Å²) in [6, 6.07) is 30.8. The van der Waals surface area contributed by atoms with Crippen molar-refractivity contribution in [1.29, 1.82) is 0 Å². The predicted molar refractivity (Wildman–Crippen MR) is 420 cm³/mol. The molecule has 0 aliphatic rings. The number of carbonyl (C=O) groups excluding carboxylic acids is 10. The zero-order chi connectivity index (χ0) is 80.8. The first-order valence-electron chi connectivity index (χ1n) is 35.2. The minimum Gasteiger partial charge on any atom is -0.432 e. The van der Waals surface area contributed by atoms with Crippen LogP contribution in [-0.4, -0.2) is 133 Å². The zero-order valence-electron chi connectivity index (χ0n) is 62.1. The summed E-state index contributed by atoms with van der Waals surface area (Å²) in [5, 5.41) is 0. The number of ether oxygens (including phenoxy) is 5. The molecular formula is C80H92O25Si5. The lowest BCUT2D eigenvalue weighted by molar-refractivity contribution is -0.215. The second kappa shape index (κ2) is 46.5. The molecule has 0 heterocycles. The zero-order valence-corrected chi connectivity index (χ0v) is 67.8. The van der Waals surface area contributed by atoms with E-state index >= 15 is 4.79 Å². The van der Waals surface area contributed by atoms with Gasteiger partial charge in [-0.1, -0.05) is 152 Å². The summed E-state index contributed by atoms with van der Waals surface area (Å²) in [5.74, 6) is -11.0. The molecular weight excluding hydrogens is 1500 g/mol. The summed E-state index contributed by atoms with van der Waals surface area (Å²) in [6.07, 6.45) is -6.69. The Labute approximate surface area is 647 Å². The maximum Gasteiger partial charge on any atom is 0.549 e. The van der Waals surface area contributed by atoms with Crippen molar-refractivity contribution in [2.45, 2.75) is 108 Å². The van der Waals surface area contributed by atoms with Gasteiger partial charge in [0.2, 0.25) is 0 Å². The molecule has 110 heavy (non-hydrogen) atoms. The van der Waals surface area contributed by atoms with Crippen LogP contribution in [0.15, 0.2) is 244 Å². The largest absolute Gasteiger partial charge is 0.549 e. The van der Waals surface area contributed by atoms with Crippen molar-refractivity contribution < 1.29 is 121 Å². The average molecular weight is 1590 g/mol. The molecule has 5 aromatic carbocycles. The van der Waals surface area contributed by atoms with Gasteiger partial charge in [0.25, 0.3) is 0 Å². The number of hydrogen-bond donors (Lipinski definition) is 0. The molecule has 0 amide bonds. The van der Waals surface area contributed by atoms with Crippen molar-refractivity contribution in [2.24, 2.45) is 17.8 Å². The van der Waals surface area contributed by atoms with Gasteiger partial charge in [-0.25, -0.2) is 72.8 Å². The van der Waals surface area contributed by atoms with E-state index in [1.807, 2.05) is 34.6 Å². The Balaban J connectivity index is 1.94. The van der Waals surface area contributed by atoms with Crippen molar-refractivity contribution in [3.8, 4) is 0 Å². The lowest BCUT2D eigenvalue weighted by Crippen LogP contribution is -2.58. The highest BCUT2D eigenvalue weighted by molar-refractivity contribution is 6.73. The van der Waals surface area contributed by atoms with Crippen LogP contribution >= 0.6 is 0 Å². The topological polar surface area (TPSA) is 309 Å². The molecule has 0 fully saturated rings. The van der Waals surface area contributed by atoms with Gasteiger partial charge in [-0.3, -0.25) is 0 Å². The van der Waals surface area contributed by atoms with Crippen LogP contribution in [0.2, 0.25) is 0 Å². The Morgan fingerprint density at radius 1 is 0.264 bits per heavy atom. The van der Waals surface area contributed by atoms with E-state index in [1.54, 1.807) is 60.7 Å². The van der Waals surface area contributed by atoms with E-state index in [2.05, 4.69) is 65.8 Å². The van der Waals surface area contributed by atoms with Crippen molar-refractivity contribution >= 4 is 105 Å². The molecule has 0 aliphatic carbocycles. The molecule has 0 aliphatic heterocycles. The van der Waals surface area contributed by atoms with E-state index in [-0.39, 0.29) is 27.8 Å². The number of aryl methyl sites for hydroxylation is 5. The van der Waals surface area contributed by atoms with Crippen LogP contribution in [0.3, 0.4) is 0 Å². The summed E-state index contributed by atoms with van der Waals surface area (Å²) in [7, 11) is -16.7. The fourth-order valence-electron chi connectivity index (χ4n) is 11.8. The van der Waals surface area contributed by atoms with Crippen LogP contribution in [0.4, 0.5) is 24.0 Å². The molecule has 7 atom stereocenters. The molecule has 7 unspecified atom stereocenters. The predicted octanol–water partition coefficient (Wildman–Crippen LogP) is 14.0. The van der Waals surface area contributed by atoms with Gasteiger partial charge in [-0.2, -0.15) is 24.0 Å². The first kappa shape index (κ1) is 88.9. The molecule has 0 radical (unpaired) electrons. The quantitative estimate of drug-likeness (QED) is 0.0116. The van der Waals surface area contributed by atoms with E-state index in [9.17, 15) is 43.2 Å². The first-order chi connectivity index (χ1) is 53.0. The molecule has 5 aromatic rings. The van der Waals surface area contributed by atoms with E-state index < -0.39 is 164 Å². The summed E-state index contributed by atoms with van der Waals surface area (Å²) in [5.41, 5.74) is 9.43. The first-order valence-corrected chi connectivity index (χ1v) is 45.2. The molecule has 0 aromatic heterocycles. The standard InChI is InChI=1S/C80H92O25Si5/c1-16-53-31-41-58(42-32-53)68(81)96-101-76(86)91-65(106(21-6)22-7)51-63(73(108(25-10)26-11)93-78(88)103-98-70(83)60-45-35-55(18-3)36-46-60)67(75(110(29-14)30-15)95-80(90)105-100-72(85)62-49-39-57(20-5)40-50-62)64(74(109(27-12)28-13)94-79(89)104-99-71(84)61-47-37-56(19-4)38-48-61)52-66(107(23-8)24-9)92-77(87)102-97-69(82)59-43-33-54(17-2)34-44-59/h21-50,63-67,73-75,106-110H,6-20,51-52H2,1-5H3. The number of hydrogen-bond acceptors (Lipinski definition) is 25. The minimum absolute atomic E-state index is 0.0244. The van der Waals surface area contributed by atoms with Gasteiger partial charge in [0.1, 0.15) is 61.2 Å². The Morgan fingerprint density at radius 3 is 0.636 bits per heavy atom. The molecule has 25 nitrogen and oxygen atoms in total. The Kier molecular flexibility index (Phi) is 37.6. The summed E-state index contributed by atoms with van der Waals surface area (Å²) >= 11 is 0.